The Morgan fingerprint density at radius 1 is 1.28 bits per heavy atom. The van der Waals surface area contributed by atoms with Gasteiger partial charge in [0, 0.05) is 25.2 Å². The lowest BCUT2D eigenvalue weighted by Crippen LogP contribution is -2.09. The number of pyridine rings is 2. The van der Waals surface area contributed by atoms with Crippen LogP contribution in [0, 0.1) is 6.92 Å². The molecule has 0 unspecified atom stereocenters. The number of ether oxygens (including phenoxy) is 1. The Kier molecular flexibility index (Phi) is 5.30. The van der Waals surface area contributed by atoms with Crippen LogP contribution in [0.1, 0.15) is 28.6 Å². The molecule has 0 bridgehead atoms. The second-order valence-corrected chi connectivity index (χ2v) is 7.32. The average Bonchev–Trinajstić information content (AvgIpc) is 2.95. The molecule has 3 aromatic rings. The summed E-state index contributed by atoms with van der Waals surface area (Å²) in [5.41, 5.74) is 3.74. The van der Waals surface area contributed by atoms with E-state index in [1.54, 1.807) is 29.8 Å². The Labute approximate surface area is 155 Å². The Morgan fingerprint density at radius 3 is 2.76 bits per heavy atom. The third-order valence-electron chi connectivity index (χ3n) is 3.93. The fourth-order valence-corrected chi connectivity index (χ4v) is 3.88. The van der Waals surface area contributed by atoms with Crippen molar-refractivity contribution < 1.29 is 9.53 Å². The number of hydrogen-bond acceptors (Lipinski definition) is 6. The van der Waals surface area contributed by atoms with Gasteiger partial charge in [-0.1, -0.05) is 29.9 Å². The molecule has 0 aliphatic heterocycles. The van der Waals surface area contributed by atoms with Crippen molar-refractivity contribution >= 4 is 39.1 Å². The van der Waals surface area contributed by atoms with Crippen molar-refractivity contribution in [2.45, 2.75) is 33.1 Å². The Balaban J connectivity index is 1.81. The summed E-state index contributed by atoms with van der Waals surface area (Å²) < 4.78 is 5.03. The fraction of sp³-hybridized carbons (Fsp3) is 0.333. The Morgan fingerprint density at radius 2 is 2.08 bits per heavy atom. The maximum atomic E-state index is 12.5. The molecule has 0 spiro atoms. The van der Waals surface area contributed by atoms with E-state index in [1.165, 1.54) is 7.11 Å². The molecule has 3 aromatic heterocycles. The van der Waals surface area contributed by atoms with Crippen LogP contribution in [0.15, 0.2) is 18.5 Å². The van der Waals surface area contributed by atoms with E-state index in [9.17, 15) is 4.79 Å². The number of carbonyl (C=O) groups excluding carboxylic acids is 1. The van der Waals surface area contributed by atoms with Gasteiger partial charge in [0.25, 0.3) is 0 Å². The first-order chi connectivity index (χ1) is 12.0. The number of ketones is 1. The molecular weight excluding hydrogens is 358 g/mol. The third-order valence-corrected chi connectivity index (χ3v) is 5.08. The summed E-state index contributed by atoms with van der Waals surface area (Å²) >= 11 is 7.65. The van der Waals surface area contributed by atoms with Crippen LogP contribution in [-0.2, 0) is 24.1 Å². The number of methoxy groups -OCH3 is 1. The zero-order chi connectivity index (χ0) is 18.0. The molecule has 0 aliphatic carbocycles. The van der Waals surface area contributed by atoms with E-state index in [2.05, 4.69) is 21.9 Å². The predicted octanol–water partition coefficient (Wildman–Crippen LogP) is 3.97. The number of halogens is 1. The predicted molar refractivity (Wildman–Crippen MR) is 99.7 cm³/mol. The maximum Gasteiger partial charge on any atom is 0.232 e. The molecule has 5 nitrogen and oxygen atoms in total. The first-order valence-electron chi connectivity index (χ1n) is 7.95. The lowest BCUT2D eigenvalue weighted by Gasteiger charge is -2.08. The zero-order valence-corrected chi connectivity index (χ0v) is 15.9. The highest BCUT2D eigenvalue weighted by atomic mass is 35.5. The highest BCUT2D eigenvalue weighted by molar-refractivity contribution is 7.18. The highest BCUT2D eigenvalue weighted by Gasteiger charge is 2.15. The van der Waals surface area contributed by atoms with Gasteiger partial charge < -0.3 is 4.74 Å². The summed E-state index contributed by atoms with van der Waals surface area (Å²) in [6, 6.07) is 1.72. The number of aryl methyl sites for hydroxylation is 2. The van der Waals surface area contributed by atoms with Crippen molar-refractivity contribution in [2.24, 2.45) is 0 Å². The van der Waals surface area contributed by atoms with Crippen molar-refractivity contribution in [3.63, 3.8) is 0 Å². The second kappa shape index (κ2) is 7.45. The lowest BCUT2D eigenvalue weighted by atomic mass is 9.99. The summed E-state index contributed by atoms with van der Waals surface area (Å²) in [4.78, 5) is 26.6. The van der Waals surface area contributed by atoms with Gasteiger partial charge in [0.2, 0.25) is 5.88 Å². The summed E-state index contributed by atoms with van der Waals surface area (Å²) in [6.45, 7) is 4.04. The Hall–Kier alpha value is -2.05. The first kappa shape index (κ1) is 17.8. The van der Waals surface area contributed by atoms with Crippen LogP contribution in [0.2, 0.25) is 5.02 Å². The van der Waals surface area contributed by atoms with E-state index in [0.717, 1.165) is 38.5 Å². The second-order valence-electron chi connectivity index (χ2n) is 5.73. The maximum absolute atomic E-state index is 12.5. The molecule has 130 valence electrons. The topological polar surface area (TPSA) is 65.0 Å². The van der Waals surface area contributed by atoms with Crippen LogP contribution in [0.3, 0.4) is 0 Å². The lowest BCUT2D eigenvalue weighted by molar-refractivity contribution is -0.117. The van der Waals surface area contributed by atoms with E-state index in [-0.39, 0.29) is 12.2 Å². The van der Waals surface area contributed by atoms with Gasteiger partial charge in [-0.25, -0.2) is 15.0 Å². The quantitative estimate of drug-likeness (QED) is 0.652. The number of Topliss-reactive ketones (excluding diaryl/α,β-unsaturated/α-hetero) is 1. The molecule has 0 N–H and O–H groups in total. The van der Waals surface area contributed by atoms with Gasteiger partial charge in [-0.3, -0.25) is 4.79 Å². The van der Waals surface area contributed by atoms with Crippen LogP contribution in [0.25, 0.3) is 10.3 Å². The minimum atomic E-state index is 0.0887. The summed E-state index contributed by atoms with van der Waals surface area (Å²) in [5, 5.41) is 1.39. The molecule has 0 saturated heterocycles. The monoisotopic (exact) mass is 375 g/mol. The molecule has 0 atom stereocenters. The molecule has 0 radical (unpaired) electrons. The average molecular weight is 376 g/mol. The van der Waals surface area contributed by atoms with Crippen molar-refractivity contribution in [3.05, 3.63) is 45.2 Å². The molecule has 0 aromatic carbocycles. The van der Waals surface area contributed by atoms with Gasteiger partial charge in [0.05, 0.1) is 12.1 Å². The number of nitrogens with zero attached hydrogens (tertiary/aromatic N) is 3. The molecule has 0 fully saturated rings. The largest absolute Gasteiger partial charge is 0.480 e. The molecule has 3 heterocycles. The Bertz CT molecular complexity index is 939. The van der Waals surface area contributed by atoms with E-state index < -0.39 is 0 Å². The van der Waals surface area contributed by atoms with Crippen LogP contribution in [-0.4, -0.2) is 27.8 Å². The first-order valence-corrected chi connectivity index (χ1v) is 9.15. The SMILES string of the molecule is CCc1c(CC(=O)Cc2cnc(OC)c(Cl)c2)cnc2sc(C)nc12. The number of aromatic nitrogens is 3. The normalized spacial score (nSPS) is 11.0. The molecule has 3 rings (SSSR count). The van der Waals surface area contributed by atoms with Gasteiger partial charge in [-0.2, -0.15) is 0 Å². The van der Waals surface area contributed by atoms with Gasteiger partial charge in [0.15, 0.2) is 0 Å². The summed E-state index contributed by atoms with van der Waals surface area (Å²) in [7, 11) is 1.51. The van der Waals surface area contributed by atoms with E-state index in [0.29, 0.717) is 17.3 Å². The molecule has 7 heteroatoms. The van der Waals surface area contributed by atoms with Crippen LogP contribution >= 0.6 is 22.9 Å². The molecule has 0 amide bonds. The molecule has 0 saturated carbocycles. The van der Waals surface area contributed by atoms with Gasteiger partial charge in [0.1, 0.15) is 21.2 Å². The van der Waals surface area contributed by atoms with Crippen molar-refractivity contribution in [1.29, 1.82) is 0 Å². The number of carbonyl (C=O) groups is 1. The van der Waals surface area contributed by atoms with E-state index >= 15 is 0 Å². The van der Waals surface area contributed by atoms with E-state index in [4.69, 9.17) is 16.3 Å². The van der Waals surface area contributed by atoms with Gasteiger partial charge in [-0.15, -0.1) is 0 Å². The molecular formula is C18H18ClN3O2S. The minimum Gasteiger partial charge on any atom is -0.480 e. The summed E-state index contributed by atoms with van der Waals surface area (Å²) in [5.74, 6) is 0.450. The van der Waals surface area contributed by atoms with Crippen molar-refractivity contribution in [2.75, 3.05) is 7.11 Å². The minimum absolute atomic E-state index is 0.0887. The highest BCUT2D eigenvalue weighted by Crippen LogP contribution is 2.26. The van der Waals surface area contributed by atoms with Crippen molar-refractivity contribution in [3.8, 4) is 5.88 Å². The number of fused-ring (bicyclic) bond motifs is 1. The van der Waals surface area contributed by atoms with Gasteiger partial charge >= 0.3 is 0 Å². The number of thiazole rings is 1. The van der Waals surface area contributed by atoms with E-state index in [1.807, 2.05) is 6.92 Å². The van der Waals surface area contributed by atoms with Gasteiger partial charge in [-0.05, 0) is 36.1 Å². The smallest absolute Gasteiger partial charge is 0.232 e. The third kappa shape index (κ3) is 3.80. The fourth-order valence-electron chi connectivity index (χ4n) is 2.83. The summed E-state index contributed by atoms with van der Waals surface area (Å²) in [6.07, 6.45) is 4.84. The standard InChI is InChI=1S/C18H18ClN3O2S/c1-4-14-12(9-21-18-16(14)22-10(2)25-18)7-13(23)5-11-6-15(19)17(24-3)20-8-11/h6,8-9H,4-5,7H2,1-3H3. The van der Waals surface area contributed by atoms with Crippen LogP contribution < -0.4 is 4.74 Å². The number of hydrogen-bond donors (Lipinski definition) is 0. The van der Waals surface area contributed by atoms with Crippen molar-refractivity contribution in [1.82, 2.24) is 15.0 Å². The number of rotatable bonds is 6. The van der Waals surface area contributed by atoms with Crippen LogP contribution in [0.4, 0.5) is 0 Å². The molecule has 0 aliphatic rings. The molecule has 25 heavy (non-hydrogen) atoms. The zero-order valence-electron chi connectivity index (χ0n) is 14.3. The van der Waals surface area contributed by atoms with Crippen LogP contribution in [0.5, 0.6) is 5.88 Å².